The van der Waals surface area contributed by atoms with Gasteiger partial charge >= 0.3 is 13.8 Å². The molecule has 3 atom stereocenters. The lowest BCUT2D eigenvalue weighted by molar-refractivity contribution is -0.427. The van der Waals surface area contributed by atoms with Gasteiger partial charge in [0.2, 0.25) is 11.6 Å². The van der Waals surface area contributed by atoms with E-state index < -0.39 is 42.7 Å². The maximum absolute atomic E-state index is 14.1. The molecule has 0 unspecified atom stereocenters. The number of esters is 1. The molecule has 0 aromatic carbocycles. The van der Waals surface area contributed by atoms with Gasteiger partial charge in [0.15, 0.2) is 5.70 Å². The summed E-state index contributed by atoms with van der Waals surface area (Å²) in [6, 6.07) is -0.596. The van der Waals surface area contributed by atoms with E-state index in [-0.39, 0.29) is 43.0 Å². The summed E-state index contributed by atoms with van der Waals surface area (Å²) in [5.74, 6) is -1.47. The van der Waals surface area contributed by atoms with Crippen molar-refractivity contribution >= 4 is 19.7 Å². The average molecular weight is 587 g/mol. The molecule has 0 radical (unpaired) electrons. The molecule has 0 spiro atoms. The lowest BCUT2D eigenvalue weighted by Crippen LogP contribution is -2.61. The van der Waals surface area contributed by atoms with Crippen molar-refractivity contribution in [3.8, 4) is 0 Å². The van der Waals surface area contributed by atoms with Crippen molar-refractivity contribution in [2.45, 2.75) is 64.0 Å². The van der Waals surface area contributed by atoms with E-state index in [9.17, 15) is 29.4 Å². The summed E-state index contributed by atoms with van der Waals surface area (Å²) in [5, 5.41) is 21.2. The third kappa shape index (κ3) is 6.23. The fourth-order valence-electron chi connectivity index (χ4n) is 5.25. The third-order valence-electron chi connectivity index (χ3n) is 7.34. The highest BCUT2D eigenvalue weighted by molar-refractivity contribution is 7.48. The Morgan fingerprint density at radius 2 is 1.78 bits per heavy atom. The quantitative estimate of drug-likeness (QED) is 0.0886. The standard InChI is InChI=1S/C28H31N2O10P/c1-18(31)25-23-16-24(40-41(36,38-21-8-4-2-5-9-21)39-22-10-6-3-7-11-22)26(29(23)27(25)32)28(33)37-17-19-12-14-20(15-13-19)30(34)35/h2-4,6,8,10,12,15,18,23,25,31H,5,7,9,11,13-14,16-17H2,1H3/t18-,23-,25-/m1/s1. The Labute approximate surface area is 236 Å². The molecule has 1 saturated heterocycles. The molecule has 0 saturated carbocycles. The number of fused-ring (bicyclic) bond motifs is 1. The lowest BCUT2D eigenvalue weighted by Gasteiger charge is -2.44. The second-order valence-electron chi connectivity index (χ2n) is 10.2. The van der Waals surface area contributed by atoms with Crippen molar-refractivity contribution in [3.05, 3.63) is 93.0 Å². The number of phosphoric acid groups is 1. The van der Waals surface area contributed by atoms with Crippen LogP contribution in [0.3, 0.4) is 0 Å². The maximum Gasteiger partial charge on any atom is 0.646 e. The summed E-state index contributed by atoms with van der Waals surface area (Å²) in [7, 11) is -4.39. The Morgan fingerprint density at radius 3 is 2.29 bits per heavy atom. The molecule has 0 aromatic heterocycles. The summed E-state index contributed by atoms with van der Waals surface area (Å²) >= 11 is 0. The van der Waals surface area contributed by atoms with Crippen molar-refractivity contribution in [3.63, 3.8) is 0 Å². The van der Waals surface area contributed by atoms with Gasteiger partial charge < -0.3 is 23.4 Å². The van der Waals surface area contributed by atoms with Crippen LogP contribution < -0.4 is 0 Å². The summed E-state index contributed by atoms with van der Waals surface area (Å²) in [4.78, 5) is 38.1. The van der Waals surface area contributed by atoms with Crippen LogP contribution in [0.25, 0.3) is 0 Å². The molecule has 2 aliphatic heterocycles. The minimum absolute atomic E-state index is 0.00200. The Morgan fingerprint density at radius 1 is 1.12 bits per heavy atom. The van der Waals surface area contributed by atoms with Crippen molar-refractivity contribution in [2.24, 2.45) is 5.92 Å². The van der Waals surface area contributed by atoms with Gasteiger partial charge in [-0.05, 0) is 50.0 Å². The number of phosphoric ester groups is 1. The SMILES string of the molecule is C[C@@H](O)[C@H]1C(=O)N2C(C(=O)OCC3=CCC([N+](=O)[O-])=CC3)=C(OP(=O)(OC3=CC=CCC3)OC3=CC=CCC3)C[C@H]12. The van der Waals surface area contributed by atoms with E-state index in [1.54, 1.807) is 30.4 Å². The molecular formula is C28H31N2O10P. The minimum Gasteiger partial charge on any atom is -0.456 e. The summed E-state index contributed by atoms with van der Waals surface area (Å²) < 4.78 is 37.1. The van der Waals surface area contributed by atoms with Gasteiger partial charge in [0.05, 0.1) is 29.4 Å². The third-order valence-corrected chi connectivity index (χ3v) is 8.70. The smallest absolute Gasteiger partial charge is 0.456 e. The Bertz CT molecular complexity index is 1360. The predicted octanol–water partition coefficient (Wildman–Crippen LogP) is 4.86. The van der Waals surface area contributed by atoms with Crippen LogP contribution in [0.4, 0.5) is 0 Å². The van der Waals surface area contributed by atoms with Gasteiger partial charge in [0, 0.05) is 19.3 Å². The summed E-state index contributed by atoms with van der Waals surface area (Å²) in [6.07, 6.45) is 15.5. The first kappa shape index (κ1) is 28.6. The molecule has 218 valence electrons. The number of aliphatic hydroxyl groups is 1. The number of carbonyl (C=O) groups is 2. The average Bonchev–Trinajstić information content (AvgIpc) is 3.25. The van der Waals surface area contributed by atoms with Gasteiger partial charge in [-0.2, -0.15) is 4.57 Å². The molecule has 2 heterocycles. The Kier molecular flexibility index (Phi) is 8.32. The van der Waals surface area contributed by atoms with E-state index in [1.165, 1.54) is 17.9 Å². The molecule has 12 nitrogen and oxygen atoms in total. The highest BCUT2D eigenvalue weighted by atomic mass is 31.2. The molecule has 0 bridgehead atoms. The lowest BCUT2D eigenvalue weighted by atomic mass is 9.83. The molecular weight excluding hydrogens is 555 g/mol. The van der Waals surface area contributed by atoms with Crippen LogP contribution in [0.15, 0.2) is 82.9 Å². The number of ether oxygens (including phenoxy) is 1. The summed E-state index contributed by atoms with van der Waals surface area (Å²) in [5.41, 5.74) is 0.498. The number of β-lactam (4-membered cyclic amide) rings is 1. The molecule has 1 amide bonds. The highest BCUT2D eigenvalue weighted by Crippen LogP contribution is 2.59. The van der Waals surface area contributed by atoms with Crippen LogP contribution in [0.2, 0.25) is 0 Å². The van der Waals surface area contributed by atoms with Gasteiger partial charge in [-0.1, -0.05) is 30.4 Å². The second kappa shape index (κ2) is 11.9. The molecule has 5 aliphatic rings. The van der Waals surface area contributed by atoms with Crippen molar-refractivity contribution in [1.82, 2.24) is 4.90 Å². The molecule has 0 aromatic rings. The zero-order valence-electron chi connectivity index (χ0n) is 22.5. The van der Waals surface area contributed by atoms with Crippen LogP contribution in [-0.4, -0.2) is 45.6 Å². The molecule has 3 aliphatic carbocycles. The maximum atomic E-state index is 14.1. The van der Waals surface area contributed by atoms with Gasteiger partial charge in [0.1, 0.15) is 23.9 Å². The van der Waals surface area contributed by atoms with E-state index in [2.05, 4.69) is 0 Å². The van der Waals surface area contributed by atoms with Gasteiger partial charge in [-0.3, -0.25) is 19.8 Å². The number of carbonyl (C=O) groups excluding carboxylic acids is 2. The van der Waals surface area contributed by atoms with Crippen molar-refractivity contribution in [2.75, 3.05) is 6.61 Å². The number of nitro groups is 1. The summed E-state index contributed by atoms with van der Waals surface area (Å²) in [6.45, 7) is 1.33. The fraction of sp³-hybridized carbons (Fsp3) is 0.429. The van der Waals surface area contributed by atoms with E-state index in [0.29, 0.717) is 42.8 Å². The molecule has 41 heavy (non-hydrogen) atoms. The first-order valence-corrected chi connectivity index (χ1v) is 14.9. The van der Waals surface area contributed by atoms with Crippen LogP contribution in [0, 0.1) is 16.0 Å². The topological polar surface area (TPSA) is 155 Å². The molecule has 5 rings (SSSR count). The number of hydrogen-bond donors (Lipinski definition) is 1. The Balaban J connectivity index is 1.40. The number of nitrogens with zero attached hydrogens (tertiary/aromatic N) is 2. The molecule has 13 heteroatoms. The van der Waals surface area contributed by atoms with Crippen LogP contribution in [-0.2, 0) is 32.5 Å². The zero-order valence-corrected chi connectivity index (χ0v) is 23.4. The van der Waals surface area contributed by atoms with Gasteiger partial charge in [0.25, 0.3) is 0 Å². The zero-order chi connectivity index (χ0) is 29.1. The van der Waals surface area contributed by atoms with E-state index in [1.807, 2.05) is 12.2 Å². The second-order valence-corrected chi connectivity index (χ2v) is 11.7. The number of amides is 1. The van der Waals surface area contributed by atoms with E-state index >= 15 is 0 Å². The van der Waals surface area contributed by atoms with Gasteiger partial charge in [-0.25, -0.2) is 4.79 Å². The van der Waals surface area contributed by atoms with Gasteiger partial charge in [-0.15, -0.1) is 0 Å². The molecule has 1 fully saturated rings. The van der Waals surface area contributed by atoms with Crippen molar-refractivity contribution in [1.29, 1.82) is 0 Å². The monoisotopic (exact) mass is 586 g/mol. The van der Waals surface area contributed by atoms with Crippen molar-refractivity contribution < 1.29 is 42.5 Å². The number of aliphatic hydroxyl groups excluding tert-OH is 1. The van der Waals surface area contributed by atoms with E-state index in [4.69, 9.17) is 18.3 Å². The molecule has 1 N–H and O–H groups in total. The first-order valence-electron chi connectivity index (χ1n) is 13.5. The number of allylic oxidation sites excluding steroid dienone is 10. The van der Waals surface area contributed by atoms with Crippen LogP contribution >= 0.6 is 7.82 Å². The largest absolute Gasteiger partial charge is 0.646 e. The predicted molar refractivity (Wildman–Crippen MR) is 145 cm³/mol. The van der Waals surface area contributed by atoms with Crippen LogP contribution in [0.1, 0.15) is 51.9 Å². The minimum atomic E-state index is -4.39. The first-order chi connectivity index (χ1) is 19.6. The number of hydrogen-bond acceptors (Lipinski definition) is 10. The normalized spacial score (nSPS) is 24.3. The van der Waals surface area contributed by atoms with Crippen LogP contribution in [0.5, 0.6) is 0 Å². The fourth-order valence-corrected chi connectivity index (χ4v) is 6.67. The van der Waals surface area contributed by atoms with E-state index in [0.717, 1.165) is 0 Å². The highest BCUT2D eigenvalue weighted by Gasteiger charge is 2.59. The number of rotatable bonds is 11. The Hall–Kier alpha value is -3.89.